The number of carboxylic acid groups (broad SMARTS) is 1. The third-order valence-corrected chi connectivity index (χ3v) is 8.75. The van der Waals surface area contributed by atoms with E-state index in [9.17, 15) is 30.0 Å². The molecule has 1 aromatic carbocycles. The average molecular weight is 471 g/mol. The van der Waals surface area contributed by atoms with E-state index in [1.165, 1.54) is 26.7 Å². The summed E-state index contributed by atoms with van der Waals surface area (Å²) in [6.07, 6.45) is 2.24. The zero-order chi connectivity index (χ0) is 24.2. The fraction of sp³-hybridized carbons (Fsp3) is 0.600. The highest BCUT2D eigenvalue weighted by Gasteiger charge is 2.73. The van der Waals surface area contributed by atoms with E-state index in [1.807, 2.05) is 6.07 Å². The van der Waals surface area contributed by atoms with E-state index in [-0.39, 0.29) is 35.3 Å². The van der Waals surface area contributed by atoms with Gasteiger partial charge in [0.1, 0.15) is 11.3 Å². The molecule has 34 heavy (non-hydrogen) atoms. The second-order valence-electron chi connectivity index (χ2n) is 11.2. The molecule has 4 atom stereocenters. The van der Waals surface area contributed by atoms with Crippen molar-refractivity contribution >= 4 is 11.9 Å². The molecule has 1 saturated carbocycles. The second kappa shape index (κ2) is 6.66. The van der Waals surface area contributed by atoms with Gasteiger partial charge in [-0.1, -0.05) is 6.07 Å². The maximum Gasteiger partial charge on any atom is 0.328 e. The molecule has 1 spiro atoms. The second-order valence-corrected chi connectivity index (χ2v) is 11.2. The number of aliphatic hydroxyl groups is 2. The van der Waals surface area contributed by atoms with Gasteiger partial charge in [-0.3, -0.25) is 9.69 Å². The number of rotatable bonds is 5. The van der Waals surface area contributed by atoms with Crippen LogP contribution < -0.4 is 10.1 Å². The minimum Gasteiger partial charge on any atom is -0.508 e. The van der Waals surface area contributed by atoms with Crippen molar-refractivity contribution < 1.29 is 34.8 Å². The average Bonchev–Trinajstić information content (AvgIpc) is 3.50. The van der Waals surface area contributed by atoms with Gasteiger partial charge < -0.3 is 30.5 Å². The first-order valence-electron chi connectivity index (χ1n) is 12.0. The number of piperidine rings is 1. The third-order valence-electron chi connectivity index (χ3n) is 8.75. The van der Waals surface area contributed by atoms with Crippen LogP contribution in [-0.2, 0) is 21.4 Å². The molecule has 6 rings (SSSR count). The minimum atomic E-state index is -1.56. The molecular formula is C25H30N2O7. The predicted molar refractivity (Wildman–Crippen MR) is 120 cm³/mol. The van der Waals surface area contributed by atoms with Crippen LogP contribution in [0, 0.1) is 5.92 Å². The van der Waals surface area contributed by atoms with Crippen LogP contribution in [-0.4, -0.2) is 73.6 Å². The topological polar surface area (TPSA) is 140 Å². The van der Waals surface area contributed by atoms with Crippen molar-refractivity contribution in [3.05, 3.63) is 34.6 Å². The molecule has 9 nitrogen and oxygen atoms in total. The number of ether oxygens (including phenoxy) is 1. The fourth-order valence-corrected chi connectivity index (χ4v) is 6.78. The van der Waals surface area contributed by atoms with Crippen LogP contribution >= 0.6 is 0 Å². The summed E-state index contributed by atoms with van der Waals surface area (Å²) in [6.45, 7) is 4.32. The highest BCUT2D eigenvalue weighted by molar-refractivity contribution is 5.98. The maximum atomic E-state index is 13.2. The zero-order valence-electron chi connectivity index (χ0n) is 19.3. The van der Waals surface area contributed by atoms with Gasteiger partial charge in [0.2, 0.25) is 0 Å². The summed E-state index contributed by atoms with van der Waals surface area (Å²) in [7, 11) is 0. The van der Waals surface area contributed by atoms with E-state index < -0.39 is 34.5 Å². The molecule has 3 aliphatic carbocycles. The number of nitrogens with one attached hydrogen (secondary N) is 1. The summed E-state index contributed by atoms with van der Waals surface area (Å²) >= 11 is 0. The highest BCUT2D eigenvalue weighted by atomic mass is 16.5. The lowest BCUT2D eigenvalue weighted by Gasteiger charge is -2.62. The number of aliphatic hydroxyl groups excluding tert-OH is 1. The number of likely N-dealkylation sites (tertiary alicyclic amines) is 1. The molecule has 0 radical (unpaired) electrons. The first kappa shape index (κ1) is 21.7. The Labute approximate surface area is 197 Å². The standard InChI is InChI=1S/C25H30N2O7/c1-23(2,22(31)32)26-21(30)14-10-25(33)16-9-13-5-6-15(28)19-17(13)24(25,20(34-19)18(14)29)7-8-27(16)11-12-3-4-12/h5-6,12,16,20,28-29,33H,3-4,7-11H2,1-2H3,(H,26,30)(H,31,32)/t16-,20+,24+,25-/m1/s1. The smallest absolute Gasteiger partial charge is 0.328 e. The van der Waals surface area contributed by atoms with Crippen molar-refractivity contribution in [1.29, 1.82) is 0 Å². The maximum absolute atomic E-state index is 13.2. The number of aliphatic carboxylic acids is 1. The fourth-order valence-electron chi connectivity index (χ4n) is 6.78. The van der Waals surface area contributed by atoms with E-state index >= 15 is 0 Å². The van der Waals surface area contributed by atoms with Gasteiger partial charge in [-0.15, -0.1) is 0 Å². The molecule has 5 N–H and O–H groups in total. The van der Waals surface area contributed by atoms with Crippen LogP contribution in [0.1, 0.15) is 50.7 Å². The quantitative estimate of drug-likeness (QED) is 0.435. The van der Waals surface area contributed by atoms with Gasteiger partial charge in [0.15, 0.2) is 17.6 Å². The summed E-state index contributed by atoms with van der Waals surface area (Å²) in [6, 6.07) is 3.16. The first-order chi connectivity index (χ1) is 16.0. The Morgan fingerprint density at radius 1 is 1.26 bits per heavy atom. The lowest BCUT2D eigenvalue weighted by atomic mass is 9.49. The van der Waals surface area contributed by atoms with Crippen molar-refractivity contribution in [2.24, 2.45) is 5.92 Å². The number of phenolic OH excluding ortho intramolecular Hbond substituents is 1. The van der Waals surface area contributed by atoms with Gasteiger partial charge in [0.25, 0.3) is 5.91 Å². The number of benzene rings is 1. The molecule has 1 aromatic rings. The summed E-state index contributed by atoms with van der Waals surface area (Å²) in [4.78, 5) is 27.1. The Hall–Kier alpha value is -2.78. The third kappa shape index (κ3) is 2.62. The van der Waals surface area contributed by atoms with Gasteiger partial charge in [0, 0.05) is 24.6 Å². The van der Waals surface area contributed by atoms with Crippen molar-refractivity contribution in [2.75, 3.05) is 13.1 Å². The largest absolute Gasteiger partial charge is 0.508 e. The predicted octanol–water partition coefficient (Wildman–Crippen LogP) is 1.36. The summed E-state index contributed by atoms with van der Waals surface area (Å²) in [5, 5.41) is 46.4. The summed E-state index contributed by atoms with van der Waals surface area (Å²) < 4.78 is 6.14. The Kier molecular flexibility index (Phi) is 4.26. The number of amides is 1. The van der Waals surface area contributed by atoms with Crippen LogP contribution in [0.2, 0.25) is 0 Å². The number of carboxylic acids is 1. The van der Waals surface area contributed by atoms with Crippen LogP contribution in [0.3, 0.4) is 0 Å². The molecular weight excluding hydrogens is 440 g/mol. The van der Waals surface area contributed by atoms with E-state index in [4.69, 9.17) is 4.74 Å². The molecule has 5 aliphatic rings. The van der Waals surface area contributed by atoms with Crippen LogP contribution in [0.4, 0.5) is 0 Å². The molecule has 2 fully saturated rings. The van der Waals surface area contributed by atoms with Crippen LogP contribution in [0.15, 0.2) is 23.5 Å². The number of nitrogens with zero attached hydrogens (tertiary/aromatic N) is 1. The Morgan fingerprint density at radius 3 is 2.68 bits per heavy atom. The Balaban J connectivity index is 1.50. The molecule has 182 valence electrons. The van der Waals surface area contributed by atoms with Gasteiger partial charge in [-0.2, -0.15) is 0 Å². The van der Waals surface area contributed by atoms with E-state index in [1.54, 1.807) is 6.07 Å². The van der Waals surface area contributed by atoms with Crippen LogP contribution in [0.5, 0.6) is 11.5 Å². The van der Waals surface area contributed by atoms with Crippen molar-refractivity contribution in [3.8, 4) is 11.5 Å². The number of carbonyl (C=O) groups excluding carboxylic acids is 1. The van der Waals surface area contributed by atoms with Crippen LogP contribution in [0.25, 0.3) is 0 Å². The molecule has 1 amide bonds. The SMILES string of the molecule is CC(C)(NC(=O)C1=C(O)[C@@H]2Oc3c(O)ccc4c3[C@@]23CCN(CC2CC2)[C@H](C4)[C@]3(O)C1)C(=O)O. The lowest BCUT2D eigenvalue weighted by molar-refractivity contribution is -0.173. The summed E-state index contributed by atoms with van der Waals surface area (Å²) in [5.41, 5.74) is -2.32. The molecule has 2 heterocycles. The van der Waals surface area contributed by atoms with Crippen molar-refractivity contribution in [2.45, 2.75) is 74.7 Å². The molecule has 2 bridgehead atoms. The highest BCUT2D eigenvalue weighted by Crippen LogP contribution is 2.66. The Bertz CT molecular complexity index is 1160. The van der Waals surface area contributed by atoms with Gasteiger partial charge in [0.05, 0.1) is 16.6 Å². The Morgan fingerprint density at radius 2 is 2.00 bits per heavy atom. The molecule has 2 aliphatic heterocycles. The number of phenols is 1. The number of hydrogen-bond donors (Lipinski definition) is 5. The molecule has 9 heteroatoms. The monoisotopic (exact) mass is 470 g/mol. The van der Waals surface area contributed by atoms with E-state index in [0.29, 0.717) is 18.8 Å². The molecule has 0 unspecified atom stereocenters. The number of hydrogen-bond acceptors (Lipinski definition) is 7. The summed E-state index contributed by atoms with van der Waals surface area (Å²) in [5.74, 6) is -1.45. The van der Waals surface area contributed by atoms with Gasteiger partial charge in [-0.05, 0) is 63.6 Å². The first-order valence-corrected chi connectivity index (χ1v) is 12.0. The normalized spacial score (nSPS) is 33.9. The van der Waals surface area contributed by atoms with Gasteiger partial charge >= 0.3 is 5.97 Å². The van der Waals surface area contributed by atoms with Crippen molar-refractivity contribution in [1.82, 2.24) is 10.2 Å². The van der Waals surface area contributed by atoms with E-state index in [0.717, 1.165) is 24.2 Å². The zero-order valence-corrected chi connectivity index (χ0v) is 19.3. The molecule has 0 aromatic heterocycles. The number of carbonyl (C=O) groups is 2. The van der Waals surface area contributed by atoms with Gasteiger partial charge in [-0.25, -0.2) is 4.79 Å². The molecule has 1 saturated heterocycles. The van der Waals surface area contributed by atoms with E-state index in [2.05, 4.69) is 10.2 Å². The number of aromatic hydroxyl groups is 1. The lowest BCUT2D eigenvalue weighted by Crippen LogP contribution is -2.76. The van der Waals surface area contributed by atoms with Crippen molar-refractivity contribution in [3.63, 3.8) is 0 Å². The minimum absolute atomic E-state index is 0.0606.